The monoisotopic (exact) mass is 306 g/mol. The fraction of sp³-hybridized carbons (Fsp3) is 0.833. The van der Waals surface area contributed by atoms with Crippen LogP contribution in [-0.4, -0.2) is 79.6 Å². The molecule has 0 aromatic rings. The average Bonchev–Trinajstić information content (AvgIpc) is 2.86. The van der Waals surface area contributed by atoms with Crippen molar-refractivity contribution in [3.05, 3.63) is 0 Å². The summed E-state index contributed by atoms with van der Waals surface area (Å²) in [5, 5.41) is 11.6. The van der Waals surface area contributed by atoms with Gasteiger partial charge in [0.1, 0.15) is 18.2 Å². The van der Waals surface area contributed by atoms with Crippen molar-refractivity contribution in [2.24, 2.45) is 0 Å². The van der Waals surface area contributed by atoms with Crippen molar-refractivity contribution < 1.29 is 24.2 Å². The lowest BCUT2D eigenvalue weighted by molar-refractivity contribution is -0.139. The number of nitrogens with zero attached hydrogens (tertiary/aromatic N) is 1. The second-order valence-corrected chi connectivity index (χ2v) is 5.56. The number of likely N-dealkylation sites (tertiary alicyclic amines) is 1. The highest BCUT2D eigenvalue weighted by Crippen LogP contribution is 2.16. The first-order valence-corrected chi connectivity index (χ1v) is 7.75. The summed E-state index contributed by atoms with van der Waals surface area (Å²) in [5.74, 6) is -0.336. The van der Waals surface area contributed by atoms with E-state index < -0.39 is 12.0 Å². The minimum Gasteiger partial charge on any atom is -0.480 e. The lowest BCUT2D eigenvalue weighted by Gasteiger charge is -2.20. The predicted octanol–water partition coefficient (Wildman–Crippen LogP) is 0.248. The Bertz CT molecular complexity index is 330. The second kappa shape index (κ2) is 8.33. The number of hydrogen-bond acceptors (Lipinski definition) is 5. The molecule has 1 saturated heterocycles. The molecular formula is C12H22N2O5S. The van der Waals surface area contributed by atoms with Gasteiger partial charge in [0.05, 0.1) is 13.1 Å². The van der Waals surface area contributed by atoms with Crippen LogP contribution >= 0.6 is 11.8 Å². The zero-order chi connectivity index (χ0) is 15.1. The van der Waals surface area contributed by atoms with E-state index in [4.69, 9.17) is 14.6 Å². The van der Waals surface area contributed by atoms with Crippen LogP contribution in [0.3, 0.4) is 0 Å². The largest absolute Gasteiger partial charge is 0.480 e. The van der Waals surface area contributed by atoms with Crippen LogP contribution in [-0.2, 0) is 14.3 Å². The van der Waals surface area contributed by atoms with Crippen molar-refractivity contribution >= 4 is 23.8 Å². The van der Waals surface area contributed by atoms with E-state index in [-0.39, 0.29) is 18.2 Å². The zero-order valence-electron chi connectivity index (χ0n) is 12.0. The van der Waals surface area contributed by atoms with Gasteiger partial charge in [0.25, 0.3) is 0 Å². The Hall–Kier alpha value is -0.990. The van der Waals surface area contributed by atoms with Gasteiger partial charge in [-0.25, -0.2) is 9.59 Å². The van der Waals surface area contributed by atoms with Crippen LogP contribution in [0.1, 0.15) is 6.42 Å². The van der Waals surface area contributed by atoms with Gasteiger partial charge < -0.3 is 24.8 Å². The van der Waals surface area contributed by atoms with Crippen molar-refractivity contribution in [1.29, 1.82) is 0 Å². The maximum atomic E-state index is 12.1. The van der Waals surface area contributed by atoms with Crippen molar-refractivity contribution in [1.82, 2.24) is 10.2 Å². The van der Waals surface area contributed by atoms with Crippen LogP contribution in [0.25, 0.3) is 0 Å². The number of methoxy groups -OCH3 is 2. The quantitative estimate of drug-likeness (QED) is 0.701. The first-order valence-electron chi connectivity index (χ1n) is 6.36. The van der Waals surface area contributed by atoms with E-state index in [1.807, 2.05) is 6.26 Å². The number of ether oxygens (including phenoxy) is 2. The molecule has 8 heteroatoms. The third-order valence-corrected chi connectivity index (χ3v) is 3.96. The van der Waals surface area contributed by atoms with Gasteiger partial charge in [0.2, 0.25) is 0 Å². The van der Waals surface area contributed by atoms with Crippen molar-refractivity contribution in [2.45, 2.75) is 24.7 Å². The first kappa shape index (κ1) is 17.1. The molecule has 20 heavy (non-hydrogen) atoms. The number of aliphatic carboxylic acids is 1. The number of rotatable bonds is 7. The maximum Gasteiger partial charge on any atom is 0.326 e. The van der Waals surface area contributed by atoms with Crippen molar-refractivity contribution in [3.63, 3.8) is 0 Å². The van der Waals surface area contributed by atoms with Gasteiger partial charge in [-0.1, -0.05) is 0 Å². The average molecular weight is 306 g/mol. The molecule has 0 aromatic carbocycles. The van der Waals surface area contributed by atoms with Crippen LogP contribution in [0.15, 0.2) is 0 Å². The smallest absolute Gasteiger partial charge is 0.326 e. The molecule has 1 rings (SSSR count). The molecule has 0 radical (unpaired) electrons. The molecule has 7 nitrogen and oxygen atoms in total. The molecule has 116 valence electrons. The number of amides is 2. The summed E-state index contributed by atoms with van der Waals surface area (Å²) in [4.78, 5) is 24.7. The second-order valence-electron chi connectivity index (χ2n) is 4.58. The van der Waals surface area contributed by atoms with Gasteiger partial charge in [-0.05, 0) is 18.4 Å². The fourth-order valence-electron chi connectivity index (χ4n) is 2.10. The molecule has 0 saturated carbocycles. The number of hydrogen-bond donors (Lipinski definition) is 2. The molecule has 1 heterocycles. The molecule has 0 aromatic heterocycles. The van der Waals surface area contributed by atoms with Gasteiger partial charge in [-0.15, -0.1) is 0 Å². The highest BCUT2D eigenvalue weighted by molar-refractivity contribution is 7.98. The molecule has 0 aliphatic carbocycles. The Kier molecular flexibility index (Phi) is 7.11. The van der Waals surface area contributed by atoms with Gasteiger partial charge in [0, 0.05) is 14.2 Å². The molecule has 2 amide bonds. The third kappa shape index (κ3) is 4.53. The Morgan fingerprint density at radius 1 is 1.35 bits per heavy atom. The summed E-state index contributed by atoms with van der Waals surface area (Å²) in [6.45, 7) is 0.797. The lowest BCUT2D eigenvalue weighted by Crippen LogP contribution is -2.47. The molecule has 0 spiro atoms. The van der Waals surface area contributed by atoms with E-state index >= 15 is 0 Å². The van der Waals surface area contributed by atoms with Crippen LogP contribution < -0.4 is 5.32 Å². The Morgan fingerprint density at radius 3 is 2.30 bits per heavy atom. The minimum absolute atomic E-state index is 0.180. The summed E-state index contributed by atoms with van der Waals surface area (Å²) in [6, 6.07) is -1.25. The van der Waals surface area contributed by atoms with E-state index in [9.17, 15) is 9.59 Å². The van der Waals surface area contributed by atoms with Crippen LogP contribution in [0.4, 0.5) is 4.79 Å². The summed E-state index contributed by atoms with van der Waals surface area (Å²) >= 11 is 1.55. The molecular weight excluding hydrogens is 284 g/mol. The molecule has 3 unspecified atom stereocenters. The van der Waals surface area contributed by atoms with Crippen LogP contribution in [0.2, 0.25) is 0 Å². The molecule has 0 bridgehead atoms. The van der Waals surface area contributed by atoms with E-state index in [1.54, 1.807) is 26.0 Å². The molecule has 3 atom stereocenters. The van der Waals surface area contributed by atoms with Crippen LogP contribution in [0, 0.1) is 0 Å². The SMILES string of the molecule is COC1CN(C(=O)NC(CCSC)C(=O)O)CC1OC. The predicted molar refractivity (Wildman–Crippen MR) is 76.1 cm³/mol. The molecule has 1 aliphatic rings. The maximum absolute atomic E-state index is 12.1. The molecule has 1 fully saturated rings. The summed E-state index contributed by atoms with van der Waals surface area (Å²) in [7, 11) is 3.13. The van der Waals surface area contributed by atoms with Crippen molar-refractivity contribution in [2.75, 3.05) is 39.3 Å². The van der Waals surface area contributed by atoms with Crippen molar-refractivity contribution in [3.8, 4) is 0 Å². The van der Waals surface area contributed by atoms with Gasteiger partial charge in [0.15, 0.2) is 0 Å². The van der Waals surface area contributed by atoms with Gasteiger partial charge in [-0.2, -0.15) is 11.8 Å². The van der Waals surface area contributed by atoms with E-state index in [1.165, 1.54) is 4.90 Å². The lowest BCUT2D eigenvalue weighted by atomic mass is 10.2. The normalized spacial score (nSPS) is 23.6. The first-order chi connectivity index (χ1) is 9.53. The zero-order valence-corrected chi connectivity index (χ0v) is 12.8. The van der Waals surface area contributed by atoms with Gasteiger partial charge in [-0.3, -0.25) is 0 Å². The third-order valence-electron chi connectivity index (χ3n) is 3.31. The number of urea groups is 1. The van der Waals surface area contributed by atoms with E-state index in [0.29, 0.717) is 25.3 Å². The number of carbonyl (C=O) groups is 2. The molecule has 1 aliphatic heterocycles. The number of nitrogens with one attached hydrogen (secondary N) is 1. The Balaban J connectivity index is 2.55. The number of carboxylic acids is 1. The highest BCUT2D eigenvalue weighted by Gasteiger charge is 2.36. The summed E-state index contributed by atoms with van der Waals surface area (Å²) in [5.41, 5.74) is 0. The summed E-state index contributed by atoms with van der Waals surface area (Å²) < 4.78 is 10.5. The number of carboxylic acid groups (broad SMARTS) is 1. The number of thioether (sulfide) groups is 1. The minimum atomic E-state index is -1.02. The standard InChI is InChI=1S/C12H22N2O5S/c1-18-9-6-14(7-10(9)19-2)12(17)13-8(11(15)16)4-5-20-3/h8-10H,4-7H2,1-3H3,(H,13,17)(H,15,16). The van der Waals surface area contributed by atoms with Crippen LogP contribution in [0.5, 0.6) is 0 Å². The fourth-order valence-corrected chi connectivity index (χ4v) is 2.57. The Labute approximate surface area is 123 Å². The topological polar surface area (TPSA) is 88.1 Å². The number of carbonyl (C=O) groups excluding carboxylic acids is 1. The summed E-state index contributed by atoms with van der Waals surface area (Å²) in [6.07, 6.45) is 1.94. The van der Waals surface area contributed by atoms with E-state index in [0.717, 1.165) is 0 Å². The van der Waals surface area contributed by atoms with E-state index in [2.05, 4.69) is 5.32 Å². The molecule has 2 N–H and O–H groups in total. The highest BCUT2D eigenvalue weighted by atomic mass is 32.2. The Morgan fingerprint density at radius 2 is 1.90 bits per heavy atom. The van der Waals surface area contributed by atoms with Gasteiger partial charge >= 0.3 is 12.0 Å².